The zero-order valence-electron chi connectivity index (χ0n) is 15.5. The molecule has 0 aliphatic carbocycles. The molecule has 4 rings (SSSR count). The van der Waals surface area contributed by atoms with Crippen LogP contribution in [0.25, 0.3) is 27.3 Å². The van der Waals surface area contributed by atoms with Crippen LogP contribution in [0.4, 0.5) is 0 Å². The predicted molar refractivity (Wildman–Crippen MR) is 109 cm³/mol. The minimum atomic E-state index is 0.257. The number of hydrogen-bond acceptors (Lipinski definition) is 6. The third kappa shape index (κ3) is 3.61. The summed E-state index contributed by atoms with van der Waals surface area (Å²) in [6, 6.07) is 16.0. The molecule has 2 heterocycles. The SMILES string of the molecule is CC(C)COc1ccc2c(-c3ccccc3)nn(-c3nc(OC=O)cs3)c2c1. The van der Waals surface area contributed by atoms with E-state index in [-0.39, 0.29) is 5.88 Å². The molecule has 0 bridgehead atoms. The molecule has 0 fully saturated rings. The highest BCUT2D eigenvalue weighted by Gasteiger charge is 2.17. The smallest absolute Gasteiger partial charge is 0.299 e. The molecule has 0 unspecified atom stereocenters. The van der Waals surface area contributed by atoms with Gasteiger partial charge in [0.2, 0.25) is 11.0 Å². The van der Waals surface area contributed by atoms with Crippen molar-refractivity contribution in [2.45, 2.75) is 13.8 Å². The highest BCUT2D eigenvalue weighted by molar-refractivity contribution is 7.12. The maximum absolute atomic E-state index is 10.6. The Bertz CT molecular complexity index is 1100. The van der Waals surface area contributed by atoms with Gasteiger partial charge < -0.3 is 9.47 Å². The Morgan fingerprint density at radius 3 is 2.75 bits per heavy atom. The topological polar surface area (TPSA) is 66.2 Å². The fraction of sp³-hybridized carbons (Fsp3) is 0.190. The number of fused-ring (bicyclic) bond motifs is 1. The summed E-state index contributed by atoms with van der Waals surface area (Å²) < 4.78 is 12.5. The summed E-state index contributed by atoms with van der Waals surface area (Å²) in [5.41, 5.74) is 2.76. The second-order valence-electron chi connectivity index (χ2n) is 6.69. The lowest BCUT2D eigenvalue weighted by molar-refractivity contribution is -0.120. The molecular weight excluding hydrogens is 374 g/mol. The van der Waals surface area contributed by atoms with Crippen molar-refractivity contribution >= 4 is 28.7 Å². The number of benzene rings is 2. The van der Waals surface area contributed by atoms with Gasteiger partial charge in [-0.1, -0.05) is 55.5 Å². The van der Waals surface area contributed by atoms with E-state index >= 15 is 0 Å². The normalized spacial score (nSPS) is 11.1. The van der Waals surface area contributed by atoms with Crippen LogP contribution in [0.1, 0.15) is 13.8 Å². The molecule has 2 aromatic carbocycles. The van der Waals surface area contributed by atoms with Crippen LogP contribution in [-0.2, 0) is 4.79 Å². The first kappa shape index (κ1) is 18.2. The van der Waals surface area contributed by atoms with E-state index in [9.17, 15) is 4.79 Å². The van der Waals surface area contributed by atoms with Crippen LogP contribution < -0.4 is 9.47 Å². The number of carbonyl (C=O) groups is 1. The number of aromatic nitrogens is 3. The van der Waals surface area contributed by atoms with Crippen LogP contribution in [0.2, 0.25) is 0 Å². The van der Waals surface area contributed by atoms with Crippen molar-refractivity contribution in [1.82, 2.24) is 14.8 Å². The van der Waals surface area contributed by atoms with Gasteiger partial charge in [0, 0.05) is 17.0 Å². The first-order valence-electron chi connectivity index (χ1n) is 8.93. The fourth-order valence-electron chi connectivity index (χ4n) is 2.85. The lowest BCUT2D eigenvalue weighted by Gasteiger charge is -2.09. The number of ether oxygens (including phenoxy) is 2. The maximum atomic E-state index is 10.6. The standard InChI is InChI=1S/C21H19N3O3S/c1-14(2)11-26-16-8-9-17-18(10-16)24(21-22-19(12-28-21)27-13-25)23-20(17)15-6-4-3-5-7-15/h3-10,12-14H,11H2,1-2H3. The van der Waals surface area contributed by atoms with Crippen molar-refractivity contribution in [3.63, 3.8) is 0 Å². The molecule has 142 valence electrons. The third-order valence-electron chi connectivity index (χ3n) is 4.10. The summed E-state index contributed by atoms with van der Waals surface area (Å²) in [5.74, 6) is 1.47. The van der Waals surface area contributed by atoms with Crippen LogP contribution in [0.15, 0.2) is 53.9 Å². The van der Waals surface area contributed by atoms with Crippen LogP contribution >= 0.6 is 11.3 Å². The fourth-order valence-corrected chi connectivity index (χ4v) is 3.55. The minimum Gasteiger partial charge on any atom is -0.493 e. The van der Waals surface area contributed by atoms with Crippen LogP contribution in [0.3, 0.4) is 0 Å². The molecule has 7 heteroatoms. The average Bonchev–Trinajstić information content (AvgIpc) is 3.31. The molecule has 0 saturated carbocycles. The minimum absolute atomic E-state index is 0.257. The van der Waals surface area contributed by atoms with Crippen molar-refractivity contribution in [2.75, 3.05) is 6.61 Å². The summed E-state index contributed by atoms with van der Waals surface area (Å²) in [6.07, 6.45) is 0. The molecule has 4 aromatic rings. The van der Waals surface area contributed by atoms with Crippen molar-refractivity contribution < 1.29 is 14.3 Å². The van der Waals surface area contributed by atoms with Gasteiger partial charge in [0.25, 0.3) is 6.47 Å². The summed E-state index contributed by atoms with van der Waals surface area (Å²) in [6.45, 7) is 5.23. The van der Waals surface area contributed by atoms with E-state index in [1.165, 1.54) is 11.3 Å². The van der Waals surface area contributed by atoms with Crippen molar-refractivity contribution in [1.29, 1.82) is 0 Å². The highest BCUT2D eigenvalue weighted by atomic mass is 32.1. The van der Waals surface area contributed by atoms with Crippen molar-refractivity contribution in [3.05, 3.63) is 53.9 Å². The Balaban J connectivity index is 1.85. The molecule has 0 radical (unpaired) electrons. The number of rotatable bonds is 7. The van der Waals surface area contributed by atoms with Gasteiger partial charge in [-0.05, 0) is 18.1 Å². The quantitative estimate of drug-likeness (QED) is 0.425. The van der Waals surface area contributed by atoms with E-state index in [1.54, 1.807) is 10.1 Å². The van der Waals surface area contributed by atoms with E-state index in [0.717, 1.165) is 27.9 Å². The first-order valence-corrected chi connectivity index (χ1v) is 9.81. The number of carbonyl (C=O) groups excluding carboxylic acids is 1. The van der Waals surface area contributed by atoms with Crippen LogP contribution in [-0.4, -0.2) is 27.8 Å². The van der Waals surface area contributed by atoms with Gasteiger partial charge in [-0.2, -0.15) is 10.1 Å². The lowest BCUT2D eigenvalue weighted by Crippen LogP contribution is -2.04. The molecule has 0 atom stereocenters. The molecule has 0 amide bonds. The second-order valence-corrected chi connectivity index (χ2v) is 7.53. The third-order valence-corrected chi connectivity index (χ3v) is 4.90. The predicted octanol–water partition coefficient (Wildman–Crippen LogP) is 4.72. The van der Waals surface area contributed by atoms with E-state index in [0.29, 0.717) is 24.1 Å². The van der Waals surface area contributed by atoms with Gasteiger partial charge in [-0.3, -0.25) is 4.79 Å². The molecule has 0 N–H and O–H groups in total. The summed E-state index contributed by atoms with van der Waals surface area (Å²) in [5, 5.41) is 8.10. The van der Waals surface area contributed by atoms with Crippen LogP contribution in [0, 0.1) is 5.92 Å². The molecule has 0 aliphatic heterocycles. The zero-order valence-corrected chi connectivity index (χ0v) is 16.3. The summed E-state index contributed by atoms with van der Waals surface area (Å²) >= 11 is 1.35. The Morgan fingerprint density at radius 2 is 2.00 bits per heavy atom. The van der Waals surface area contributed by atoms with Crippen LogP contribution in [0.5, 0.6) is 11.6 Å². The van der Waals surface area contributed by atoms with Gasteiger partial charge in [-0.15, -0.1) is 0 Å². The molecule has 0 aliphatic rings. The number of thiazole rings is 1. The van der Waals surface area contributed by atoms with Gasteiger partial charge in [0.05, 0.1) is 17.5 Å². The van der Waals surface area contributed by atoms with Crippen molar-refractivity contribution in [3.8, 4) is 28.0 Å². The monoisotopic (exact) mass is 393 g/mol. The molecule has 0 spiro atoms. The van der Waals surface area contributed by atoms with Gasteiger partial charge >= 0.3 is 0 Å². The maximum Gasteiger partial charge on any atom is 0.299 e. The van der Waals surface area contributed by atoms with E-state index < -0.39 is 0 Å². The Labute approximate surface area is 166 Å². The molecule has 2 aromatic heterocycles. The number of hydrogen-bond donors (Lipinski definition) is 0. The second kappa shape index (κ2) is 7.82. The average molecular weight is 393 g/mol. The van der Waals surface area contributed by atoms with E-state index in [4.69, 9.17) is 14.6 Å². The summed E-state index contributed by atoms with van der Waals surface area (Å²) in [7, 11) is 0. The van der Waals surface area contributed by atoms with E-state index in [1.807, 2.05) is 48.5 Å². The lowest BCUT2D eigenvalue weighted by atomic mass is 10.1. The van der Waals surface area contributed by atoms with Gasteiger partial charge in [-0.25, -0.2) is 4.68 Å². The van der Waals surface area contributed by atoms with Crippen molar-refractivity contribution in [2.24, 2.45) is 5.92 Å². The van der Waals surface area contributed by atoms with E-state index in [2.05, 4.69) is 18.8 Å². The summed E-state index contributed by atoms with van der Waals surface area (Å²) in [4.78, 5) is 15.0. The molecule has 0 saturated heterocycles. The molecule has 6 nitrogen and oxygen atoms in total. The highest BCUT2D eigenvalue weighted by Crippen LogP contribution is 2.33. The Kier molecular flexibility index (Phi) is 5.08. The number of nitrogens with zero attached hydrogens (tertiary/aromatic N) is 3. The molecule has 28 heavy (non-hydrogen) atoms. The molecular formula is C21H19N3O3S. The zero-order chi connectivity index (χ0) is 19.5. The largest absolute Gasteiger partial charge is 0.493 e. The Morgan fingerprint density at radius 1 is 1.18 bits per heavy atom. The first-order chi connectivity index (χ1) is 13.7. The Hall–Kier alpha value is -3.19. The van der Waals surface area contributed by atoms with Gasteiger partial charge in [0.1, 0.15) is 11.4 Å². The van der Waals surface area contributed by atoms with Gasteiger partial charge in [0.15, 0.2) is 0 Å².